The number of nitrogens with zero attached hydrogens (tertiary/aromatic N) is 2. The summed E-state index contributed by atoms with van der Waals surface area (Å²) >= 11 is 0. The fraction of sp³-hybridized carbons (Fsp3) is 0.190. The van der Waals surface area contributed by atoms with Crippen LogP contribution in [0.25, 0.3) is 0 Å². The van der Waals surface area contributed by atoms with Crippen LogP contribution in [0.3, 0.4) is 0 Å². The fourth-order valence-corrected chi connectivity index (χ4v) is 2.91. The van der Waals surface area contributed by atoms with Crippen molar-refractivity contribution in [3.05, 3.63) is 95.6 Å². The second kappa shape index (κ2) is 8.12. The summed E-state index contributed by atoms with van der Waals surface area (Å²) in [7, 11) is 0. The van der Waals surface area contributed by atoms with Gasteiger partial charge in [0.1, 0.15) is 5.78 Å². The number of ketones is 1. The first-order valence-corrected chi connectivity index (χ1v) is 8.42. The van der Waals surface area contributed by atoms with Gasteiger partial charge in [0, 0.05) is 43.0 Å². The van der Waals surface area contributed by atoms with Gasteiger partial charge in [0.05, 0.1) is 5.56 Å². The van der Waals surface area contributed by atoms with Crippen LogP contribution in [0.5, 0.6) is 0 Å². The molecule has 0 aliphatic carbocycles. The molecule has 138 valence electrons. The van der Waals surface area contributed by atoms with Crippen molar-refractivity contribution in [3.8, 4) is 0 Å². The Hall–Kier alpha value is -3.02. The summed E-state index contributed by atoms with van der Waals surface area (Å²) in [6.07, 6.45) is 0.848. The lowest BCUT2D eigenvalue weighted by molar-refractivity contribution is -0.137. The van der Waals surface area contributed by atoms with Gasteiger partial charge < -0.3 is 0 Å². The Morgan fingerprint density at radius 2 is 1.74 bits per heavy atom. The van der Waals surface area contributed by atoms with E-state index < -0.39 is 17.7 Å². The van der Waals surface area contributed by atoms with Crippen molar-refractivity contribution in [2.45, 2.75) is 24.9 Å². The Morgan fingerprint density at radius 1 is 0.963 bits per heavy atom. The van der Waals surface area contributed by atoms with Crippen LogP contribution in [0.4, 0.5) is 13.2 Å². The van der Waals surface area contributed by atoms with Gasteiger partial charge >= 0.3 is 6.18 Å². The third kappa shape index (κ3) is 5.00. The molecule has 2 aromatic heterocycles. The lowest BCUT2D eigenvalue weighted by atomic mass is 9.88. The number of hydrogen-bond donors (Lipinski definition) is 0. The van der Waals surface area contributed by atoms with Gasteiger partial charge in [0.2, 0.25) is 0 Å². The molecule has 6 heteroatoms. The fourth-order valence-electron chi connectivity index (χ4n) is 2.91. The molecule has 3 rings (SSSR count). The maximum absolute atomic E-state index is 12.8. The minimum absolute atomic E-state index is 0.0291. The molecule has 0 saturated carbocycles. The quantitative estimate of drug-likeness (QED) is 0.624. The van der Waals surface area contributed by atoms with E-state index >= 15 is 0 Å². The number of hydrogen-bond acceptors (Lipinski definition) is 3. The maximum Gasteiger partial charge on any atom is 0.416 e. The zero-order valence-electron chi connectivity index (χ0n) is 14.4. The van der Waals surface area contributed by atoms with E-state index in [2.05, 4.69) is 9.97 Å². The van der Waals surface area contributed by atoms with Crippen LogP contribution in [-0.2, 0) is 17.4 Å². The first-order chi connectivity index (χ1) is 12.9. The van der Waals surface area contributed by atoms with Gasteiger partial charge in [-0.1, -0.05) is 24.3 Å². The molecule has 27 heavy (non-hydrogen) atoms. The molecular formula is C21H17F3N2O. The van der Waals surface area contributed by atoms with Gasteiger partial charge in [0.25, 0.3) is 0 Å². The molecule has 3 nitrogen and oxygen atoms in total. The molecule has 0 unspecified atom stereocenters. The first kappa shape index (κ1) is 18.8. The van der Waals surface area contributed by atoms with Crippen LogP contribution in [0.2, 0.25) is 0 Å². The van der Waals surface area contributed by atoms with E-state index in [0.29, 0.717) is 11.3 Å². The predicted octanol–water partition coefficient (Wildman–Crippen LogP) is 4.83. The average Bonchev–Trinajstić information content (AvgIpc) is 2.67. The molecule has 1 aromatic carbocycles. The number of rotatable bonds is 6. The lowest BCUT2D eigenvalue weighted by Crippen LogP contribution is -2.13. The molecule has 0 fully saturated rings. The molecule has 0 aliphatic rings. The highest BCUT2D eigenvalue weighted by Crippen LogP contribution is 2.32. The summed E-state index contributed by atoms with van der Waals surface area (Å²) in [4.78, 5) is 20.9. The zero-order chi connectivity index (χ0) is 19.3. The van der Waals surface area contributed by atoms with E-state index in [9.17, 15) is 18.0 Å². The van der Waals surface area contributed by atoms with Crippen LogP contribution in [0, 0.1) is 0 Å². The minimum atomic E-state index is -4.39. The number of aromatic nitrogens is 2. The Bertz CT molecular complexity index is 879. The summed E-state index contributed by atoms with van der Waals surface area (Å²) in [5.41, 5.74) is 1.36. The molecule has 0 spiro atoms. The SMILES string of the molecule is O=C(Cc1cccnc1)C[C@@H](c1ccc(C(F)(F)F)cc1)c1ccccn1. The van der Waals surface area contributed by atoms with Gasteiger partial charge in [0.15, 0.2) is 0 Å². The van der Waals surface area contributed by atoms with Crippen LogP contribution in [0.15, 0.2) is 73.2 Å². The Morgan fingerprint density at radius 3 is 2.33 bits per heavy atom. The highest BCUT2D eigenvalue weighted by atomic mass is 19.4. The highest BCUT2D eigenvalue weighted by molar-refractivity contribution is 5.82. The third-order valence-corrected chi connectivity index (χ3v) is 4.24. The number of carbonyl (C=O) groups is 1. The molecule has 3 aromatic rings. The van der Waals surface area contributed by atoms with Crippen molar-refractivity contribution in [1.82, 2.24) is 9.97 Å². The van der Waals surface area contributed by atoms with E-state index in [1.165, 1.54) is 12.1 Å². The molecule has 0 saturated heterocycles. The van der Waals surface area contributed by atoms with Crippen molar-refractivity contribution >= 4 is 5.78 Å². The van der Waals surface area contributed by atoms with Crippen molar-refractivity contribution in [3.63, 3.8) is 0 Å². The summed E-state index contributed by atoms with van der Waals surface area (Å²) < 4.78 is 38.5. The Labute approximate surface area is 154 Å². The largest absolute Gasteiger partial charge is 0.416 e. The summed E-state index contributed by atoms with van der Waals surface area (Å²) in [5.74, 6) is -0.434. The van der Waals surface area contributed by atoms with E-state index in [-0.39, 0.29) is 18.6 Å². The van der Waals surface area contributed by atoms with Crippen molar-refractivity contribution in [1.29, 1.82) is 0 Å². The number of benzene rings is 1. The van der Waals surface area contributed by atoms with Crippen LogP contribution in [-0.4, -0.2) is 15.8 Å². The van der Waals surface area contributed by atoms with E-state index in [1.807, 2.05) is 6.07 Å². The van der Waals surface area contributed by atoms with E-state index in [4.69, 9.17) is 0 Å². The van der Waals surface area contributed by atoms with E-state index in [1.54, 1.807) is 42.9 Å². The lowest BCUT2D eigenvalue weighted by Gasteiger charge is -2.17. The van der Waals surface area contributed by atoms with Crippen LogP contribution < -0.4 is 0 Å². The average molecular weight is 370 g/mol. The van der Waals surface area contributed by atoms with Gasteiger partial charge in [-0.25, -0.2) is 0 Å². The molecule has 0 aliphatic heterocycles. The smallest absolute Gasteiger partial charge is 0.299 e. The second-order valence-corrected chi connectivity index (χ2v) is 6.21. The van der Waals surface area contributed by atoms with Crippen molar-refractivity contribution in [2.24, 2.45) is 0 Å². The van der Waals surface area contributed by atoms with E-state index in [0.717, 1.165) is 17.7 Å². The van der Waals surface area contributed by atoms with Gasteiger partial charge in [-0.2, -0.15) is 13.2 Å². The first-order valence-electron chi connectivity index (χ1n) is 8.42. The number of carbonyl (C=O) groups excluding carboxylic acids is 1. The molecular weight excluding hydrogens is 353 g/mol. The number of alkyl halides is 3. The van der Waals surface area contributed by atoms with Crippen molar-refractivity contribution < 1.29 is 18.0 Å². The van der Waals surface area contributed by atoms with Crippen molar-refractivity contribution in [2.75, 3.05) is 0 Å². The molecule has 1 atom stereocenters. The monoisotopic (exact) mass is 370 g/mol. The summed E-state index contributed by atoms with van der Waals surface area (Å²) in [5, 5.41) is 0. The summed E-state index contributed by atoms with van der Waals surface area (Å²) in [6, 6.07) is 13.8. The van der Waals surface area contributed by atoms with Gasteiger partial charge in [-0.3, -0.25) is 14.8 Å². The second-order valence-electron chi connectivity index (χ2n) is 6.21. The van der Waals surface area contributed by atoms with Gasteiger partial charge in [-0.05, 0) is 41.5 Å². The molecule has 2 heterocycles. The Kier molecular flexibility index (Phi) is 5.64. The topological polar surface area (TPSA) is 42.9 Å². The number of pyridine rings is 2. The standard InChI is InChI=1S/C21H17F3N2O/c22-21(23,24)17-8-6-16(7-9-17)19(20-5-1-2-11-26-20)13-18(27)12-15-4-3-10-25-14-15/h1-11,14,19H,12-13H2/t19-/m0/s1. The highest BCUT2D eigenvalue weighted by Gasteiger charge is 2.30. The third-order valence-electron chi connectivity index (χ3n) is 4.24. The maximum atomic E-state index is 12.8. The number of halogens is 3. The molecule has 0 bridgehead atoms. The van der Waals surface area contributed by atoms with Crippen LogP contribution >= 0.6 is 0 Å². The summed E-state index contributed by atoms with van der Waals surface area (Å²) in [6.45, 7) is 0. The van der Waals surface area contributed by atoms with Gasteiger partial charge in [-0.15, -0.1) is 0 Å². The Balaban J connectivity index is 1.84. The van der Waals surface area contributed by atoms with Crippen LogP contribution in [0.1, 0.15) is 34.7 Å². The normalized spacial score (nSPS) is 12.6. The zero-order valence-corrected chi connectivity index (χ0v) is 14.4. The number of Topliss-reactive ketones (excluding diaryl/α,β-unsaturated/α-hetero) is 1. The molecule has 0 N–H and O–H groups in total. The predicted molar refractivity (Wildman–Crippen MR) is 95.1 cm³/mol. The molecule has 0 radical (unpaired) electrons. The molecule has 0 amide bonds. The minimum Gasteiger partial charge on any atom is -0.299 e.